The van der Waals surface area contributed by atoms with Crippen molar-refractivity contribution in [3.05, 3.63) is 0 Å². The predicted octanol–water partition coefficient (Wildman–Crippen LogP) is 3.46. The Balaban J connectivity index is 1.83. The van der Waals surface area contributed by atoms with Gasteiger partial charge in [-0.15, -0.1) is 0 Å². The van der Waals surface area contributed by atoms with Crippen LogP contribution in [0.15, 0.2) is 0 Å². The van der Waals surface area contributed by atoms with E-state index in [1.54, 1.807) is 0 Å². The Morgan fingerprint density at radius 1 is 1.10 bits per heavy atom. The third-order valence-corrected chi connectivity index (χ3v) is 6.30. The van der Waals surface area contributed by atoms with Crippen molar-refractivity contribution < 1.29 is 14.7 Å². The highest BCUT2D eigenvalue weighted by Gasteiger charge is 2.15. The maximum Gasteiger partial charge on any atom is 0.303 e. The maximum absolute atomic E-state index is 11.6. The molecule has 1 rings (SSSR count). The standard InChI is InChI=1S/C14H25NO3S2/c16-13(15-10-5-1-2-8-14(17)18)7-4-3-6-12-9-11-19-20-12/h12H,1-11H2,(H,15,16)(H,17,18). The molecule has 116 valence electrons. The molecule has 1 fully saturated rings. The summed E-state index contributed by atoms with van der Waals surface area (Å²) < 4.78 is 0. The number of hydrogen-bond donors (Lipinski definition) is 2. The van der Waals surface area contributed by atoms with Crippen molar-refractivity contribution in [3.8, 4) is 0 Å². The molecule has 1 amide bonds. The first-order valence-corrected chi connectivity index (χ1v) is 9.83. The van der Waals surface area contributed by atoms with Gasteiger partial charge in [-0.3, -0.25) is 9.59 Å². The third-order valence-electron chi connectivity index (χ3n) is 3.30. The zero-order chi connectivity index (χ0) is 14.6. The van der Waals surface area contributed by atoms with Gasteiger partial charge in [-0.2, -0.15) is 0 Å². The van der Waals surface area contributed by atoms with Crippen LogP contribution < -0.4 is 5.32 Å². The maximum atomic E-state index is 11.6. The first-order valence-electron chi connectivity index (χ1n) is 7.45. The van der Waals surface area contributed by atoms with E-state index in [9.17, 15) is 9.59 Å². The van der Waals surface area contributed by atoms with Crippen molar-refractivity contribution in [3.63, 3.8) is 0 Å². The zero-order valence-electron chi connectivity index (χ0n) is 11.9. The topological polar surface area (TPSA) is 66.4 Å². The summed E-state index contributed by atoms with van der Waals surface area (Å²) in [5, 5.41) is 12.2. The number of unbranched alkanes of at least 4 members (excludes halogenated alkanes) is 3. The minimum atomic E-state index is -0.743. The highest BCUT2D eigenvalue weighted by atomic mass is 33.1. The molecule has 1 aliphatic heterocycles. The van der Waals surface area contributed by atoms with Crippen LogP contribution in [0.1, 0.15) is 57.8 Å². The molecule has 1 unspecified atom stereocenters. The third kappa shape index (κ3) is 9.53. The summed E-state index contributed by atoms with van der Waals surface area (Å²) >= 11 is 0. The number of carboxylic acids is 1. The van der Waals surface area contributed by atoms with Gasteiger partial charge < -0.3 is 10.4 Å². The largest absolute Gasteiger partial charge is 0.481 e. The summed E-state index contributed by atoms with van der Waals surface area (Å²) in [6, 6.07) is 0. The Hall–Kier alpha value is -0.360. The van der Waals surface area contributed by atoms with Gasteiger partial charge in [0, 0.05) is 30.4 Å². The van der Waals surface area contributed by atoms with Gasteiger partial charge in [0.15, 0.2) is 0 Å². The van der Waals surface area contributed by atoms with E-state index in [0.29, 0.717) is 19.4 Å². The van der Waals surface area contributed by atoms with Gasteiger partial charge in [0.05, 0.1) is 0 Å². The lowest BCUT2D eigenvalue weighted by Gasteiger charge is -2.07. The van der Waals surface area contributed by atoms with E-state index >= 15 is 0 Å². The molecule has 0 aromatic rings. The van der Waals surface area contributed by atoms with Gasteiger partial charge in [0.1, 0.15) is 0 Å². The molecule has 20 heavy (non-hydrogen) atoms. The molecular formula is C14H25NO3S2. The lowest BCUT2D eigenvalue weighted by atomic mass is 10.1. The molecule has 0 bridgehead atoms. The molecule has 0 aliphatic carbocycles. The molecule has 0 aromatic carbocycles. The highest BCUT2D eigenvalue weighted by Crippen LogP contribution is 2.39. The molecule has 4 nitrogen and oxygen atoms in total. The van der Waals surface area contributed by atoms with Crippen molar-refractivity contribution in [1.29, 1.82) is 0 Å². The lowest BCUT2D eigenvalue weighted by Crippen LogP contribution is -2.24. The van der Waals surface area contributed by atoms with Crippen LogP contribution in [0.25, 0.3) is 0 Å². The van der Waals surface area contributed by atoms with Crippen LogP contribution in [-0.4, -0.2) is 34.5 Å². The number of nitrogens with one attached hydrogen (secondary N) is 1. The van der Waals surface area contributed by atoms with Crippen LogP contribution in [0.3, 0.4) is 0 Å². The molecule has 2 N–H and O–H groups in total. The predicted molar refractivity (Wildman–Crippen MR) is 86.0 cm³/mol. The fraction of sp³-hybridized carbons (Fsp3) is 0.857. The van der Waals surface area contributed by atoms with Crippen LogP contribution in [-0.2, 0) is 9.59 Å². The van der Waals surface area contributed by atoms with Gasteiger partial charge in [0.2, 0.25) is 5.91 Å². The van der Waals surface area contributed by atoms with E-state index in [1.807, 2.05) is 21.6 Å². The minimum Gasteiger partial charge on any atom is -0.481 e. The first-order chi connectivity index (χ1) is 9.68. The highest BCUT2D eigenvalue weighted by molar-refractivity contribution is 8.77. The van der Waals surface area contributed by atoms with Crippen LogP contribution in [0.2, 0.25) is 0 Å². The van der Waals surface area contributed by atoms with E-state index < -0.39 is 5.97 Å². The summed E-state index contributed by atoms with van der Waals surface area (Å²) in [7, 11) is 3.97. The van der Waals surface area contributed by atoms with Gasteiger partial charge in [0.25, 0.3) is 0 Å². The van der Waals surface area contributed by atoms with Crippen molar-refractivity contribution in [2.75, 3.05) is 12.3 Å². The summed E-state index contributed by atoms with van der Waals surface area (Å²) in [5.74, 6) is 0.669. The summed E-state index contributed by atoms with van der Waals surface area (Å²) in [6.45, 7) is 0.674. The van der Waals surface area contributed by atoms with Crippen LogP contribution >= 0.6 is 21.6 Å². The van der Waals surface area contributed by atoms with Crippen molar-refractivity contribution in [1.82, 2.24) is 5.32 Å². The van der Waals surface area contributed by atoms with E-state index in [2.05, 4.69) is 5.32 Å². The van der Waals surface area contributed by atoms with Crippen molar-refractivity contribution in [2.24, 2.45) is 0 Å². The van der Waals surface area contributed by atoms with E-state index in [1.165, 1.54) is 18.6 Å². The number of aliphatic carboxylic acids is 1. The molecule has 0 radical (unpaired) electrons. The molecule has 1 heterocycles. The summed E-state index contributed by atoms with van der Waals surface area (Å²) in [4.78, 5) is 21.9. The molecule has 1 aliphatic rings. The molecule has 6 heteroatoms. The Kier molecular flexibility index (Phi) is 10.0. The first kappa shape index (κ1) is 17.7. The second-order valence-corrected chi connectivity index (χ2v) is 7.92. The van der Waals surface area contributed by atoms with Crippen LogP contribution in [0.4, 0.5) is 0 Å². The Morgan fingerprint density at radius 3 is 2.60 bits per heavy atom. The van der Waals surface area contributed by atoms with Crippen LogP contribution in [0, 0.1) is 0 Å². The van der Waals surface area contributed by atoms with E-state index in [-0.39, 0.29) is 12.3 Å². The molecule has 0 spiro atoms. The Labute approximate surface area is 129 Å². The van der Waals surface area contributed by atoms with E-state index in [4.69, 9.17) is 5.11 Å². The number of carbonyl (C=O) groups excluding carboxylic acids is 1. The molecule has 0 saturated carbocycles. The average Bonchev–Trinajstić information content (AvgIpc) is 2.91. The second-order valence-electron chi connectivity index (χ2n) is 5.13. The smallest absolute Gasteiger partial charge is 0.303 e. The molecule has 1 saturated heterocycles. The fourth-order valence-corrected chi connectivity index (χ4v) is 5.14. The quantitative estimate of drug-likeness (QED) is 0.451. The minimum absolute atomic E-state index is 0.136. The van der Waals surface area contributed by atoms with E-state index in [0.717, 1.165) is 30.9 Å². The number of carboxylic acid groups (broad SMARTS) is 1. The average molecular weight is 319 g/mol. The normalized spacial score (nSPS) is 18.1. The summed E-state index contributed by atoms with van der Waals surface area (Å²) in [5.41, 5.74) is 0. The van der Waals surface area contributed by atoms with Crippen molar-refractivity contribution >= 4 is 33.5 Å². The SMILES string of the molecule is O=C(O)CCCCCNC(=O)CCCCC1CCSS1. The number of amides is 1. The van der Waals surface area contributed by atoms with Gasteiger partial charge in [-0.25, -0.2) is 0 Å². The second kappa shape index (κ2) is 11.3. The Morgan fingerprint density at radius 2 is 1.90 bits per heavy atom. The van der Waals surface area contributed by atoms with Gasteiger partial charge >= 0.3 is 5.97 Å². The molecule has 1 atom stereocenters. The van der Waals surface area contributed by atoms with Crippen LogP contribution in [0.5, 0.6) is 0 Å². The lowest BCUT2D eigenvalue weighted by molar-refractivity contribution is -0.137. The summed E-state index contributed by atoms with van der Waals surface area (Å²) in [6.07, 6.45) is 7.96. The van der Waals surface area contributed by atoms with Gasteiger partial charge in [-0.1, -0.05) is 34.4 Å². The molecule has 0 aromatic heterocycles. The number of rotatable bonds is 11. The van der Waals surface area contributed by atoms with Crippen molar-refractivity contribution in [2.45, 2.75) is 63.0 Å². The number of hydrogen-bond acceptors (Lipinski definition) is 4. The monoisotopic (exact) mass is 319 g/mol. The molecular weight excluding hydrogens is 294 g/mol. The Bertz CT molecular complexity index is 294. The van der Waals surface area contributed by atoms with Gasteiger partial charge in [-0.05, 0) is 32.1 Å². The zero-order valence-corrected chi connectivity index (χ0v) is 13.6. The number of carbonyl (C=O) groups is 2. The fourth-order valence-electron chi connectivity index (χ4n) is 2.12.